The summed E-state index contributed by atoms with van der Waals surface area (Å²) in [5.41, 5.74) is 1.95. The molecule has 0 spiro atoms. The van der Waals surface area contributed by atoms with Crippen molar-refractivity contribution in [2.75, 3.05) is 6.61 Å². The number of hydrogen-bond donors (Lipinski definition) is 0. The van der Waals surface area contributed by atoms with E-state index in [2.05, 4.69) is 10.2 Å². The van der Waals surface area contributed by atoms with Gasteiger partial charge in [-0.15, -0.1) is 10.2 Å². The van der Waals surface area contributed by atoms with Gasteiger partial charge in [-0.25, -0.2) is 0 Å². The first kappa shape index (κ1) is 20.0. The SMILES string of the molecule is CCOC(=O)[C@H](Sc1nnc(-c2ccco2)n1Cc1ccccc1)c1ccccc1. The van der Waals surface area contributed by atoms with Crippen molar-refractivity contribution in [2.45, 2.75) is 23.9 Å². The number of nitrogens with zero attached hydrogens (tertiary/aromatic N) is 3. The topological polar surface area (TPSA) is 70.2 Å². The molecule has 152 valence electrons. The monoisotopic (exact) mass is 419 g/mol. The van der Waals surface area contributed by atoms with Crippen molar-refractivity contribution in [3.63, 3.8) is 0 Å². The van der Waals surface area contributed by atoms with Crippen LogP contribution in [0.3, 0.4) is 0 Å². The number of thioether (sulfide) groups is 1. The summed E-state index contributed by atoms with van der Waals surface area (Å²) in [6.45, 7) is 2.67. The Hall–Kier alpha value is -3.32. The summed E-state index contributed by atoms with van der Waals surface area (Å²) in [5.74, 6) is 0.933. The van der Waals surface area contributed by atoms with Gasteiger partial charge in [0.2, 0.25) is 5.82 Å². The van der Waals surface area contributed by atoms with Crippen LogP contribution < -0.4 is 0 Å². The number of hydrogen-bond acceptors (Lipinski definition) is 6. The lowest BCUT2D eigenvalue weighted by molar-refractivity contribution is -0.142. The highest BCUT2D eigenvalue weighted by atomic mass is 32.2. The number of rotatable bonds is 8. The number of ether oxygens (including phenoxy) is 1. The molecule has 0 amide bonds. The van der Waals surface area contributed by atoms with Crippen LogP contribution in [0.25, 0.3) is 11.6 Å². The van der Waals surface area contributed by atoms with Gasteiger partial charge in [0.15, 0.2) is 10.9 Å². The summed E-state index contributed by atoms with van der Waals surface area (Å²) in [4.78, 5) is 12.7. The Morgan fingerprint density at radius 3 is 2.43 bits per heavy atom. The fourth-order valence-electron chi connectivity index (χ4n) is 3.08. The molecule has 2 aromatic heterocycles. The zero-order valence-electron chi connectivity index (χ0n) is 16.5. The molecule has 2 heterocycles. The summed E-state index contributed by atoms with van der Waals surface area (Å²) in [6.07, 6.45) is 1.61. The first-order valence-electron chi connectivity index (χ1n) is 9.65. The first-order valence-corrected chi connectivity index (χ1v) is 10.5. The second kappa shape index (κ2) is 9.45. The van der Waals surface area contributed by atoms with E-state index in [0.29, 0.717) is 29.9 Å². The van der Waals surface area contributed by atoms with Crippen molar-refractivity contribution < 1.29 is 13.9 Å². The number of furan rings is 1. The van der Waals surface area contributed by atoms with Crippen LogP contribution in [0.2, 0.25) is 0 Å². The van der Waals surface area contributed by atoms with Crippen LogP contribution in [0.1, 0.15) is 23.3 Å². The van der Waals surface area contributed by atoms with Crippen molar-refractivity contribution in [2.24, 2.45) is 0 Å². The van der Waals surface area contributed by atoms with E-state index in [9.17, 15) is 4.79 Å². The van der Waals surface area contributed by atoms with Crippen LogP contribution >= 0.6 is 11.8 Å². The van der Waals surface area contributed by atoms with E-state index in [-0.39, 0.29) is 5.97 Å². The van der Waals surface area contributed by atoms with Gasteiger partial charge < -0.3 is 9.15 Å². The number of carbonyl (C=O) groups is 1. The molecule has 0 N–H and O–H groups in total. The zero-order chi connectivity index (χ0) is 20.8. The molecule has 2 aromatic carbocycles. The molecule has 7 heteroatoms. The third-order valence-electron chi connectivity index (χ3n) is 4.47. The maximum Gasteiger partial charge on any atom is 0.324 e. The minimum Gasteiger partial charge on any atom is -0.465 e. The van der Waals surface area contributed by atoms with Crippen LogP contribution in [0.4, 0.5) is 0 Å². The van der Waals surface area contributed by atoms with Crippen LogP contribution in [0.15, 0.2) is 88.6 Å². The van der Waals surface area contributed by atoms with Crippen LogP contribution in [0, 0.1) is 0 Å². The van der Waals surface area contributed by atoms with Gasteiger partial charge in [-0.05, 0) is 30.2 Å². The van der Waals surface area contributed by atoms with Gasteiger partial charge in [-0.3, -0.25) is 9.36 Å². The smallest absolute Gasteiger partial charge is 0.324 e. The number of carbonyl (C=O) groups excluding carboxylic acids is 1. The van der Waals surface area contributed by atoms with Crippen LogP contribution in [0.5, 0.6) is 0 Å². The summed E-state index contributed by atoms with van der Waals surface area (Å²) in [6, 6.07) is 23.3. The van der Waals surface area contributed by atoms with E-state index in [0.717, 1.165) is 11.1 Å². The molecule has 0 saturated carbocycles. The second-order valence-corrected chi connectivity index (χ2v) is 7.59. The van der Waals surface area contributed by atoms with Crippen molar-refractivity contribution >= 4 is 17.7 Å². The molecule has 0 fully saturated rings. The first-order chi connectivity index (χ1) is 14.8. The maximum atomic E-state index is 12.7. The molecule has 0 aliphatic rings. The summed E-state index contributed by atoms with van der Waals surface area (Å²) < 4.78 is 12.9. The highest BCUT2D eigenvalue weighted by Gasteiger charge is 2.27. The molecule has 0 saturated heterocycles. The average molecular weight is 420 g/mol. The van der Waals surface area contributed by atoms with Crippen molar-refractivity contribution in [1.29, 1.82) is 0 Å². The van der Waals surface area contributed by atoms with Crippen molar-refractivity contribution in [3.05, 3.63) is 90.2 Å². The molecular formula is C23H21N3O3S. The Labute approximate surface area is 178 Å². The van der Waals surface area contributed by atoms with Gasteiger partial charge >= 0.3 is 5.97 Å². The Morgan fingerprint density at radius 1 is 1.03 bits per heavy atom. The minimum absolute atomic E-state index is 0.303. The number of esters is 1. The largest absolute Gasteiger partial charge is 0.465 e. The summed E-state index contributed by atoms with van der Waals surface area (Å²) >= 11 is 1.33. The molecule has 0 bridgehead atoms. The lowest BCUT2D eigenvalue weighted by atomic mass is 10.1. The Morgan fingerprint density at radius 2 is 1.77 bits per heavy atom. The average Bonchev–Trinajstić information content (AvgIpc) is 3.44. The predicted octanol–water partition coefficient (Wildman–Crippen LogP) is 4.98. The van der Waals surface area contributed by atoms with Crippen molar-refractivity contribution in [1.82, 2.24) is 14.8 Å². The molecule has 0 unspecified atom stereocenters. The molecule has 4 rings (SSSR count). The predicted molar refractivity (Wildman–Crippen MR) is 115 cm³/mol. The van der Waals surface area contributed by atoms with E-state index < -0.39 is 5.25 Å². The molecule has 4 aromatic rings. The van der Waals surface area contributed by atoms with Gasteiger partial charge in [0.1, 0.15) is 5.25 Å². The third kappa shape index (κ3) is 4.46. The molecule has 6 nitrogen and oxygen atoms in total. The standard InChI is InChI=1S/C23H21N3O3S/c1-2-28-22(27)20(18-12-7-4-8-13-18)30-23-25-24-21(19-14-9-15-29-19)26(23)16-17-10-5-3-6-11-17/h3-15,20H,2,16H2,1H3/t20-/m1/s1. The number of aromatic nitrogens is 3. The molecule has 1 atom stereocenters. The van der Waals surface area contributed by atoms with Gasteiger partial charge in [-0.2, -0.15) is 0 Å². The third-order valence-corrected chi connectivity index (χ3v) is 5.68. The highest BCUT2D eigenvalue weighted by Crippen LogP contribution is 2.37. The van der Waals surface area contributed by atoms with E-state index in [1.165, 1.54) is 11.8 Å². The van der Waals surface area contributed by atoms with Gasteiger partial charge in [0.25, 0.3) is 0 Å². The molecule has 30 heavy (non-hydrogen) atoms. The van der Waals surface area contributed by atoms with Crippen LogP contribution in [-0.2, 0) is 16.1 Å². The zero-order valence-corrected chi connectivity index (χ0v) is 17.3. The van der Waals surface area contributed by atoms with E-state index in [1.54, 1.807) is 13.2 Å². The van der Waals surface area contributed by atoms with Gasteiger partial charge in [0.05, 0.1) is 19.4 Å². The summed E-state index contributed by atoms with van der Waals surface area (Å²) in [7, 11) is 0. The van der Waals surface area contributed by atoms with Crippen molar-refractivity contribution in [3.8, 4) is 11.6 Å². The fraction of sp³-hybridized carbons (Fsp3) is 0.174. The fourth-order valence-corrected chi connectivity index (χ4v) is 4.11. The minimum atomic E-state index is -0.547. The lowest BCUT2D eigenvalue weighted by Crippen LogP contribution is -2.14. The normalized spacial score (nSPS) is 11.9. The highest BCUT2D eigenvalue weighted by molar-refractivity contribution is 8.00. The van der Waals surface area contributed by atoms with Gasteiger partial charge in [0, 0.05) is 0 Å². The summed E-state index contributed by atoms with van der Waals surface area (Å²) in [5, 5.41) is 8.81. The Bertz CT molecular complexity index is 1080. The maximum absolute atomic E-state index is 12.7. The van der Waals surface area contributed by atoms with Crippen LogP contribution in [-0.4, -0.2) is 27.3 Å². The van der Waals surface area contributed by atoms with Gasteiger partial charge in [-0.1, -0.05) is 72.4 Å². The molecule has 0 aliphatic carbocycles. The Kier molecular flexibility index (Phi) is 6.29. The van der Waals surface area contributed by atoms with E-state index in [1.807, 2.05) is 77.4 Å². The second-order valence-electron chi connectivity index (χ2n) is 6.52. The van der Waals surface area contributed by atoms with E-state index in [4.69, 9.17) is 9.15 Å². The molecule has 0 radical (unpaired) electrons. The molecular weight excluding hydrogens is 398 g/mol. The number of benzene rings is 2. The van der Waals surface area contributed by atoms with E-state index >= 15 is 0 Å². The molecule has 0 aliphatic heterocycles. The Balaban J connectivity index is 1.72. The lowest BCUT2D eigenvalue weighted by Gasteiger charge is -2.16. The quantitative estimate of drug-likeness (QED) is 0.296.